The maximum Gasteiger partial charge on any atom is 0.257 e. The Morgan fingerprint density at radius 2 is 1.64 bits per heavy atom. The number of carbonyl (C=O) groups is 5. The summed E-state index contributed by atoms with van der Waals surface area (Å²) in [5.74, 6) is -0.966. The minimum atomic E-state index is -1.27. The van der Waals surface area contributed by atoms with Crippen molar-refractivity contribution in [2.24, 2.45) is 28.5 Å². The molecule has 2 aromatic rings. The SMILES string of the molecule is CC(C)N=C(N)CCCSC1CC(=O)N(CC2CCC(C(=O)NCCNC(=O)c3cccc(-c4ccc(OCC(=O)NCCCO[C@@H]5OC(CO)C(OC6OC(CO)C(O)C(C)C6O)[C@H](O)P5)cc4)c3)CC2)C1=O. The van der Waals surface area contributed by atoms with E-state index in [9.17, 15) is 49.5 Å². The van der Waals surface area contributed by atoms with Gasteiger partial charge in [-0.25, -0.2) is 0 Å². The molecule has 11 atom stereocenters. The van der Waals surface area contributed by atoms with Crippen molar-refractivity contribution in [3.05, 3.63) is 54.1 Å². The zero-order valence-electron chi connectivity index (χ0n) is 42.3. The lowest BCUT2D eigenvalue weighted by Gasteiger charge is -2.45. The quantitative estimate of drug-likeness (QED) is 0.0212. The van der Waals surface area contributed by atoms with Gasteiger partial charge in [0.05, 0.1) is 37.0 Å². The average Bonchev–Trinajstić information content (AvgIpc) is 3.66. The second-order valence-electron chi connectivity index (χ2n) is 19.4. The number of nitrogens with zero attached hydrogens (tertiary/aromatic N) is 2. The first kappa shape index (κ1) is 58.9. The molecule has 410 valence electrons. The summed E-state index contributed by atoms with van der Waals surface area (Å²) in [5.41, 5.74) is 8.03. The highest BCUT2D eigenvalue weighted by molar-refractivity contribution is 8.00. The number of hydrogen-bond donors (Lipinski definition) is 9. The van der Waals surface area contributed by atoms with Gasteiger partial charge < -0.3 is 70.9 Å². The van der Waals surface area contributed by atoms with Crippen LogP contribution in [0.4, 0.5) is 0 Å². The fourth-order valence-corrected chi connectivity index (χ4v) is 11.6. The van der Waals surface area contributed by atoms with E-state index in [1.165, 1.54) is 16.7 Å². The van der Waals surface area contributed by atoms with Gasteiger partial charge in [0, 0.05) is 62.5 Å². The molecule has 23 heteroatoms. The number of ether oxygens (including phenoxy) is 5. The Morgan fingerprint density at radius 1 is 0.905 bits per heavy atom. The van der Waals surface area contributed by atoms with E-state index in [0.29, 0.717) is 49.4 Å². The summed E-state index contributed by atoms with van der Waals surface area (Å²) >= 11 is 1.51. The van der Waals surface area contributed by atoms with Crippen molar-refractivity contribution in [2.75, 3.05) is 58.4 Å². The third-order valence-corrected chi connectivity index (χ3v) is 16.0. The molecule has 3 aliphatic heterocycles. The zero-order chi connectivity index (χ0) is 53.3. The number of thioether (sulfide) groups is 1. The molecule has 0 aromatic heterocycles. The molecule has 0 bridgehead atoms. The largest absolute Gasteiger partial charge is 0.484 e. The molecular formula is C51H75N6O15PS. The number of benzene rings is 2. The number of imide groups is 1. The molecule has 2 aromatic carbocycles. The molecular weight excluding hydrogens is 1000 g/mol. The topological polar surface area (TPSA) is 310 Å². The molecule has 10 N–H and O–H groups in total. The van der Waals surface area contributed by atoms with Crippen LogP contribution in [-0.2, 0) is 38.1 Å². The van der Waals surface area contributed by atoms with Gasteiger partial charge >= 0.3 is 0 Å². The zero-order valence-corrected chi connectivity index (χ0v) is 44.2. The number of nitrogens with two attached hydrogens (primary N) is 1. The van der Waals surface area contributed by atoms with Crippen molar-refractivity contribution >= 4 is 55.7 Å². The molecule has 1 saturated carbocycles. The first-order chi connectivity index (χ1) is 35.5. The van der Waals surface area contributed by atoms with Gasteiger partial charge in [-0.2, -0.15) is 0 Å². The van der Waals surface area contributed by atoms with Crippen molar-refractivity contribution in [2.45, 2.75) is 132 Å². The third kappa shape index (κ3) is 17.1. The summed E-state index contributed by atoms with van der Waals surface area (Å²) in [6, 6.07) is 13.5. The monoisotopic (exact) mass is 1070 g/mol. The molecule has 5 amide bonds. The van der Waals surface area contributed by atoms with Gasteiger partial charge in [0.25, 0.3) is 11.8 Å². The predicted octanol–water partition coefficient (Wildman–Crippen LogP) is 1.45. The highest BCUT2D eigenvalue weighted by Gasteiger charge is 2.47. The molecule has 4 aliphatic rings. The van der Waals surface area contributed by atoms with E-state index >= 15 is 0 Å². The second kappa shape index (κ2) is 29.3. The van der Waals surface area contributed by atoms with Gasteiger partial charge in [-0.15, -0.1) is 11.8 Å². The Labute approximate surface area is 438 Å². The number of amidine groups is 1. The third-order valence-electron chi connectivity index (χ3n) is 13.5. The molecule has 6 rings (SSSR count). The lowest BCUT2D eigenvalue weighted by molar-refractivity contribution is -0.319. The standard InChI is InChI=1S/C51H75N6O15PS/c1-29(2)56-40(52)9-5-22-74-39-24-42(61)57(48(39)66)25-31-10-12-33(13-11-31)46(64)54-19-20-55-47(65)35-8-4-7-34(23-35)32-14-16-36(17-15-32)69-28-41(60)53-18-6-21-68-51-71-38(27-59)45(49(67)73-51)72-50-44(63)30(3)43(62)37(26-58)70-50/h4,7-8,14-17,23,29-31,33,37-39,43-45,49-51,58-59,62-63,67,73H,5-6,9-13,18-22,24-28H2,1-3H3,(H2,52,56)(H,53,60)(H,54,64)(H,55,65)/t30?,31?,33?,37?,38?,39?,43?,44?,45?,49-,50?,51-/m1/s1. The second-order valence-corrected chi connectivity index (χ2v) is 22.1. The van der Waals surface area contributed by atoms with Crippen LogP contribution >= 0.6 is 20.3 Å². The van der Waals surface area contributed by atoms with E-state index in [-0.39, 0.29) is 101 Å². The number of carbonyl (C=O) groups excluding carboxylic acids is 5. The van der Waals surface area contributed by atoms with E-state index < -0.39 is 67.8 Å². The first-order valence-corrected chi connectivity index (χ1v) is 27.8. The summed E-state index contributed by atoms with van der Waals surface area (Å²) < 4.78 is 28.6. The number of aliphatic imine (C=N–C) groups is 1. The van der Waals surface area contributed by atoms with Crippen LogP contribution in [0, 0.1) is 17.8 Å². The Kier molecular flexibility index (Phi) is 23.3. The van der Waals surface area contributed by atoms with Crippen LogP contribution < -0.4 is 26.4 Å². The van der Waals surface area contributed by atoms with Gasteiger partial charge in [0.2, 0.25) is 17.7 Å². The predicted molar refractivity (Wildman–Crippen MR) is 277 cm³/mol. The average molecular weight is 1080 g/mol. The molecule has 4 fully saturated rings. The van der Waals surface area contributed by atoms with Crippen LogP contribution in [0.1, 0.15) is 82.5 Å². The van der Waals surface area contributed by atoms with Crippen LogP contribution in [-0.4, -0.2) is 184 Å². The molecule has 3 heterocycles. The van der Waals surface area contributed by atoms with Gasteiger partial charge in [0.1, 0.15) is 36.0 Å². The highest BCUT2D eigenvalue weighted by atomic mass is 32.2. The summed E-state index contributed by atoms with van der Waals surface area (Å²) in [5, 5.41) is 59.4. The molecule has 0 radical (unpaired) electrons. The Morgan fingerprint density at radius 3 is 2.35 bits per heavy atom. The van der Waals surface area contributed by atoms with Crippen molar-refractivity contribution < 1.29 is 73.2 Å². The summed E-state index contributed by atoms with van der Waals surface area (Å²) in [6.45, 7) is 5.61. The van der Waals surface area contributed by atoms with E-state index in [2.05, 4.69) is 20.9 Å². The maximum absolute atomic E-state index is 13.1. The molecule has 1 aliphatic carbocycles. The molecule has 21 nitrogen and oxygen atoms in total. The summed E-state index contributed by atoms with van der Waals surface area (Å²) in [4.78, 5) is 70.2. The van der Waals surface area contributed by atoms with Crippen LogP contribution in [0.15, 0.2) is 53.5 Å². The number of likely N-dealkylation sites (tertiary alicyclic amines) is 1. The highest BCUT2D eigenvalue weighted by Crippen LogP contribution is 2.40. The fourth-order valence-electron chi connectivity index (χ4n) is 9.25. The summed E-state index contributed by atoms with van der Waals surface area (Å²) in [6.07, 6.45) is -1.80. The molecule has 9 unspecified atom stereocenters. The number of hydrogen-bond acceptors (Lipinski definition) is 17. The van der Waals surface area contributed by atoms with Crippen molar-refractivity contribution in [3.63, 3.8) is 0 Å². The van der Waals surface area contributed by atoms with E-state index in [1.807, 2.05) is 32.0 Å². The lowest BCUT2D eigenvalue weighted by atomic mass is 9.81. The lowest BCUT2D eigenvalue weighted by Crippen LogP contribution is -2.58. The normalized spacial score (nSPS) is 28.9. The van der Waals surface area contributed by atoms with E-state index in [1.54, 1.807) is 37.3 Å². The number of aliphatic hydroxyl groups is 5. The Hall–Kier alpha value is -4.32. The van der Waals surface area contributed by atoms with Crippen molar-refractivity contribution in [1.29, 1.82) is 0 Å². The fraction of sp³-hybridized carbons (Fsp3) is 0.647. The van der Waals surface area contributed by atoms with Crippen LogP contribution in [0.3, 0.4) is 0 Å². The number of aliphatic hydroxyl groups excluding tert-OH is 5. The van der Waals surface area contributed by atoms with Gasteiger partial charge in [-0.3, -0.25) is 33.9 Å². The molecule has 74 heavy (non-hydrogen) atoms. The Balaban J connectivity index is 0.815. The van der Waals surface area contributed by atoms with Crippen LogP contribution in [0.5, 0.6) is 5.75 Å². The molecule has 0 spiro atoms. The number of nitrogens with one attached hydrogen (secondary N) is 3. The summed E-state index contributed by atoms with van der Waals surface area (Å²) in [7, 11) is -0.305. The van der Waals surface area contributed by atoms with Crippen molar-refractivity contribution in [3.8, 4) is 16.9 Å². The smallest absolute Gasteiger partial charge is 0.257 e. The van der Waals surface area contributed by atoms with Crippen molar-refractivity contribution in [1.82, 2.24) is 20.9 Å². The first-order valence-electron chi connectivity index (χ1n) is 25.6. The van der Waals surface area contributed by atoms with Gasteiger partial charge in [0.15, 0.2) is 18.9 Å². The Bertz CT molecular complexity index is 2190. The van der Waals surface area contributed by atoms with Gasteiger partial charge in [-0.05, 0) is 108 Å². The molecule has 3 saturated heterocycles. The number of rotatable bonds is 26. The van der Waals surface area contributed by atoms with Crippen LogP contribution in [0.25, 0.3) is 11.1 Å². The van der Waals surface area contributed by atoms with E-state index in [0.717, 1.165) is 36.1 Å². The van der Waals surface area contributed by atoms with E-state index in [4.69, 9.17) is 29.4 Å². The van der Waals surface area contributed by atoms with Crippen LogP contribution in [0.2, 0.25) is 0 Å². The number of amides is 5. The minimum absolute atomic E-state index is 0.0686. The maximum atomic E-state index is 13.1. The minimum Gasteiger partial charge on any atom is -0.484 e. The van der Waals surface area contributed by atoms with Gasteiger partial charge in [-0.1, -0.05) is 31.2 Å².